The van der Waals surface area contributed by atoms with Gasteiger partial charge in [-0.05, 0) is 179 Å². The molecule has 0 atom stereocenters. The lowest BCUT2D eigenvalue weighted by molar-refractivity contribution is 0.177. The Kier molecular flexibility index (Phi) is 16.2. The van der Waals surface area contributed by atoms with Crippen LogP contribution in [0.15, 0.2) is 140 Å². The molecule has 0 unspecified atom stereocenters. The summed E-state index contributed by atoms with van der Waals surface area (Å²) in [6, 6.07) is 54.3. The van der Waals surface area contributed by atoms with Gasteiger partial charge in [-0.2, -0.15) is 5.26 Å². The molecule has 0 aliphatic heterocycles. The third-order valence-corrected chi connectivity index (χ3v) is 17.4. The highest BCUT2D eigenvalue weighted by Crippen LogP contribution is 2.54. The molecule has 0 fully saturated rings. The molecule has 6 rings (SSSR count). The van der Waals surface area contributed by atoms with Crippen LogP contribution in [0.3, 0.4) is 0 Å². The lowest BCUT2D eigenvalue weighted by atomic mass is 9.52. The van der Waals surface area contributed by atoms with Crippen LogP contribution in [-0.2, 0) is 26.0 Å². The molecular formula is C62H75Cl2N3. The van der Waals surface area contributed by atoms with Gasteiger partial charge in [-0.25, -0.2) is 0 Å². The second-order valence-corrected chi connectivity index (χ2v) is 20.8. The zero-order valence-electron chi connectivity index (χ0n) is 42.5. The first kappa shape index (κ1) is 51.4. The number of nitrogens with zero attached hydrogens (tertiary/aromatic N) is 3. The highest BCUT2D eigenvalue weighted by Gasteiger charge is 2.49. The zero-order chi connectivity index (χ0) is 48.8. The molecule has 0 spiro atoms. The maximum Gasteiger partial charge on any atom is 0.0766 e. The Hall–Kier alpha value is -5.01. The van der Waals surface area contributed by atoms with Crippen LogP contribution in [-0.4, -0.2) is 0 Å². The van der Waals surface area contributed by atoms with Crippen molar-refractivity contribution >= 4 is 57.3 Å². The summed E-state index contributed by atoms with van der Waals surface area (Å²) >= 11 is 14.3. The van der Waals surface area contributed by atoms with Gasteiger partial charge >= 0.3 is 0 Å². The first-order valence-corrected chi connectivity index (χ1v) is 25.8. The molecular weight excluding hydrogens is 858 g/mol. The highest BCUT2D eigenvalue weighted by atomic mass is 35.5. The van der Waals surface area contributed by atoms with Crippen molar-refractivity contribution in [2.75, 3.05) is 9.80 Å². The number of halogens is 2. The Bertz CT molecular complexity index is 2570. The van der Waals surface area contributed by atoms with Crippen LogP contribution in [0, 0.1) is 25.2 Å². The van der Waals surface area contributed by atoms with Gasteiger partial charge in [-0.1, -0.05) is 134 Å². The van der Waals surface area contributed by atoms with Gasteiger partial charge in [0, 0.05) is 45.0 Å². The summed E-state index contributed by atoms with van der Waals surface area (Å²) in [5.41, 5.74) is 14.3. The lowest BCUT2D eigenvalue weighted by Gasteiger charge is -2.51. The number of nitriles is 1. The predicted molar refractivity (Wildman–Crippen MR) is 291 cm³/mol. The minimum absolute atomic E-state index is 0.127. The summed E-state index contributed by atoms with van der Waals surface area (Å²) in [6.07, 6.45) is 7.49. The molecule has 0 saturated carbocycles. The number of hydrogen-bond acceptors (Lipinski definition) is 3. The third-order valence-electron chi connectivity index (χ3n) is 15.9. The molecule has 3 nitrogen and oxygen atoms in total. The molecule has 0 N–H and O–H groups in total. The van der Waals surface area contributed by atoms with Gasteiger partial charge in [0.2, 0.25) is 0 Å². The SMILES string of the molecule is CCC(Cl)(CC)c1ccc(N(c2ccc(C(C)(C)C#N)cc2)c2ccc(C(CC)(CC)C(CC)(CC)c3ccc(N(c4ccc(C(Cl)(CC)CC)cc4)c4ccc(C)cc4C)cc3)cc2)cc1. The van der Waals surface area contributed by atoms with E-state index in [9.17, 15) is 5.26 Å². The average Bonchev–Trinajstić information content (AvgIpc) is 3.37. The summed E-state index contributed by atoms with van der Waals surface area (Å²) in [5.74, 6) is 0. The van der Waals surface area contributed by atoms with Crippen molar-refractivity contribution in [3.8, 4) is 6.07 Å². The second kappa shape index (κ2) is 21.1. The van der Waals surface area contributed by atoms with Crippen LogP contribution < -0.4 is 9.80 Å². The third kappa shape index (κ3) is 9.69. The average molecular weight is 933 g/mol. The smallest absolute Gasteiger partial charge is 0.0766 e. The second-order valence-electron chi connectivity index (χ2n) is 19.4. The van der Waals surface area contributed by atoms with Crippen molar-refractivity contribution in [3.05, 3.63) is 178 Å². The van der Waals surface area contributed by atoms with Crippen molar-refractivity contribution in [3.63, 3.8) is 0 Å². The Morgan fingerprint density at radius 1 is 0.403 bits per heavy atom. The largest absolute Gasteiger partial charge is 0.311 e. The first-order chi connectivity index (χ1) is 32.0. The number of alkyl halides is 2. The van der Waals surface area contributed by atoms with Crippen molar-refractivity contribution in [2.45, 2.75) is 160 Å². The number of hydrogen-bond donors (Lipinski definition) is 0. The van der Waals surface area contributed by atoms with Crippen molar-refractivity contribution in [1.29, 1.82) is 5.26 Å². The van der Waals surface area contributed by atoms with E-state index in [0.29, 0.717) is 0 Å². The van der Waals surface area contributed by atoms with E-state index in [4.69, 9.17) is 23.2 Å². The van der Waals surface area contributed by atoms with Gasteiger partial charge in [0.15, 0.2) is 0 Å². The highest BCUT2D eigenvalue weighted by molar-refractivity contribution is 6.24. The molecule has 0 saturated heterocycles. The van der Waals surface area contributed by atoms with Crippen LogP contribution in [0.5, 0.6) is 0 Å². The van der Waals surface area contributed by atoms with Gasteiger partial charge in [0.1, 0.15) is 0 Å². The van der Waals surface area contributed by atoms with E-state index in [1.807, 2.05) is 13.8 Å². The fourth-order valence-corrected chi connectivity index (χ4v) is 11.5. The van der Waals surface area contributed by atoms with E-state index in [1.165, 1.54) is 27.9 Å². The molecule has 0 aromatic heterocycles. The topological polar surface area (TPSA) is 30.3 Å². The van der Waals surface area contributed by atoms with Crippen molar-refractivity contribution in [1.82, 2.24) is 0 Å². The molecule has 0 aliphatic carbocycles. The van der Waals surface area contributed by atoms with E-state index >= 15 is 0 Å². The predicted octanol–water partition coefficient (Wildman–Crippen LogP) is 19.4. The summed E-state index contributed by atoms with van der Waals surface area (Å²) in [4.78, 5) is 3.97. The Balaban J connectivity index is 1.43. The number of aryl methyl sites for hydroxylation is 2. The first-order valence-electron chi connectivity index (χ1n) is 25.0. The fraction of sp³-hybridized carbons (Fsp3) is 0.403. The maximum absolute atomic E-state index is 9.91. The van der Waals surface area contributed by atoms with Gasteiger partial charge in [0.25, 0.3) is 0 Å². The van der Waals surface area contributed by atoms with E-state index in [0.717, 1.165) is 96.5 Å². The quantitative estimate of drug-likeness (QED) is 0.0715. The van der Waals surface area contributed by atoms with Gasteiger partial charge in [-0.15, -0.1) is 23.2 Å². The summed E-state index contributed by atoms with van der Waals surface area (Å²) in [7, 11) is 0. The summed E-state index contributed by atoms with van der Waals surface area (Å²) < 4.78 is 0. The van der Waals surface area contributed by atoms with E-state index < -0.39 is 10.3 Å². The molecule has 0 aliphatic rings. The number of rotatable bonds is 20. The molecule has 0 radical (unpaired) electrons. The molecule has 0 bridgehead atoms. The Labute approximate surface area is 415 Å². The minimum Gasteiger partial charge on any atom is -0.311 e. The maximum atomic E-state index is 9.91. The number of anilines is 6. The van der Waals surface area contributed by atoms with Crippen LogP contribution in [0.2, 0.25) is 0 Å². The normalized spacial score (nSPS) is 12.5. The van der Waals surface area contributed by atoms with E-state index in [-0.39, 0.29) is 15.7 Å². The van der Waals surface area contributed by atoms with Crippen LogP contribution in [0.25, 0.3) is 0 Å². The standard InChI is InChI=1S/C62H75Cl2N3/c1-13-59(14-2,48-24-34-53(35-25-48)66(52-32-22-47(23-33-52)58(11,12)44-65)54-38-28-50(29-39-54)61(63,17-5)18-6)60(15-3,16-4)49-26-36-55(37-27-49)67(57-42-21-45(9)43-46(57)10)56-40-30-51(31-41-56)62(64,19-7)20-8/h21-43H,13-20H2,1-12H3. The Morgan fingerprint density at radius 3 is 0.985 bits per heavy atom. The number of benzene rings is 6. The summed E-state index contributed by atoms with van der Waals surface area (Å²) in [5, 5.41) is 9.91. The van der Waals surface area contributed by atoms with E-state index in [2.05, 4.69) is 225 Å². The van der Waals surface area contributed by atoms with Crippen LogP contribution in [0.1, 0.15) is 160 Å². The monoisotopic (exact) mass is 932 g/mol. The lowest BCUT2D eigenvalue weighted by Crippen LogP contribution is -2.48. The van der Waals surface area contributed by atoms with Gasteiger partial charge in [-0.3, -0.25) is 0 Å². The molecule has 6 aromatic carbocycles. The summed E-state index contributed by atoms with van der Waals surface area (Å²) in [6.45, 7) is 26.5. The van der Waals surface area contributed by atoms with E-state index in [1.54, 1.807) is 0 Å². The molecule has 0 heterocycles. The molecule has 5 heteroatoms. The fourth-order valence-electron chi connectivity index (χ4n) is 11.2. The molecule has 352 valence electrons. The van der Waals surface area contributed by atoms with Gasteiger partial charge in [0.05, 0.1) is 21.2 Å². The Morgan fingerprint density at radius 2 is 0.701 bits per heavy atom. The van der Waals surface area contributed by atoms with Crippen LogP contribution in [0.4, 0.5) is 34.1 Å². The van der Waals surface area contributed by atoms with Crippen molar-refractivity contribution < 1.29 is 0 Å². The van der Waals surface area contributed by atoms with Crippen molar-refractivity contribution in [2.24, 2.45) is 0 Å². The molecule has 0 amide bonds. The van der Waals surface area contributed by atoms with Crippen LogP contribution >= 0.6 is 23.2 Å². The minimum atomic E-state index is -0.585. The molecule has 6 aromatic rings. The molecule has 67 heavy (non-hydrogen) atoms. The van der Waals surface area contributed by atoms with Gasteiger partial charge < -0.3 is 9.80 Å². The zero-order valence-corrected chi connectivity index (χ0v) is 44.0.